The molecule has 0 aromatic heterocycles. The third-order valence-electron chi connectivity index (χ3n) is 3.37. The molecular weight excluding hydrogens is 273 g/mol. The van der Waals surface area contributed by atoms with Crippen molar-refractivity contribution in [3.8, 4) is 5.75 Å². The van der Waals surface area contributed by atoms with Crippen LogP contribution >= 0.6 is 11.8 Å². The van der Waals surface area contributed by atoms with Crippen LogP contribution in [0.3, 0.4) is 0 Å². The molecule has 0 radical (unpaired) electrons. The summed E-state index contributed by atoms with van der Waals surface area (Å²) >= 11 is 1.80. The van der Waals surface area contributed by atoms with Gasteiger partial charge in [0.2, 0.25) is 0 Å². The van der Waals surface area contributed by atoms with Crippen LogP contribution in [0.1, 0.15) is 11.1 Å². The fourth-order valence-electron chi connectivity index (χ4n) is 2.32. The van der Waals surface area contributed by atoms with Crippen molar-refractivity contribution in [2.75, 3.05) is 6.61 Å². The molecule has 1 aliphatic rings. The van der Waals surface area contributed by atoms with Gasteiger partial charge < -0.3 is 10.5 Å². The molecule has 2 aromatic rings. The van der Waals surface area contributed by atoms with Crippen LogP contribution < -0.4 is 10.5 Å². The second-order valence-electron chi connectivity index (χ2n) is 4.83. The summed E-state index contributed by atoms with van der Waals surface area (Å²) in [5, 5.41) is 0.348. The van der Waals surface area contributed by atoms with Gasteiger partial charge in [-0.25, -0.2) is 4.39 Å². The Kier molecular flexibility index (Phi) is 3.94. The summed E-state index contributed by atoms with van der Waals surface area (Å²) in [7, 11) is 0. The van der Waals surface area contributed by atoms with E-state index in [1.807, 2.05) is 12.1 Å². The van der Waals surface area contributed by atoms with Crippen LogP contribution in [0.2, 0.25) is 0 Å². The van der Waals surface area contributed by atoms with Crippen LogP contribution in [-0.2, 0) is 13.0 Å². The maximum atomic E-state index is 13.8. The number of rotatable bonds is 4. The van der Waals surface area contributed by atoms with Gasteiger partial charge >= 0.3 is 0 Å². The number of thioether (sulfide) groups is 1. The minimum Gasteiger partial charge on any atom is -0.489 e. The summed E-state index contributed by atoms with van der Waals surface area (Å²) in [6.45, 7) is 0.850. The van der Waals surface area contributed by atoms with E-state index in [9.17, 15) is 4.39 Å². The van der Waals surface area contributed by atoms with E-state index in [4.69, 9.17) is 10.5 Å². The summed E-state index contributed by atoms with van der Waals surface area (Å²) in [5.41, 5.74) is 7.61. The standard InChI is InChI=1S/C16H16FNOS/c17-14-7-11(9-18)5-6-15(14)19-10-13-8-12-3-1-2-4-16(12)20-13/h1-7,13H,8-10,18H2. The van der Waals surface area contributed by atoms with Gasteiger partial charge in [0.25, 0.3) is 0 Å². The number of benzene rings is 2. The second kappa shape index (κ2) is 5.85. The lowest BCUT2D eigenvalue weighted by Gasteiger charge is -2.12. The highest BCUT2D eigenvalue weighted by atomic mass is 32.2. The monoisotopic (exact) mass is 289 g/mol. The van der Waals surface area contributed by atoms with Crippen LogP contribution in [0.5, 0.6) is 5.75 Å². The van der Waals surface area contributed by atoms with Gasteiger partial charge in [-0.1, -0.05) is 24.3 Å². The zero-order valence-corrected chi connectivity index (χ0v) is 11.8. The van der Waals surface area contributed by atoms with Gasteiger partial charge in [-0.2, -0.15) is 0 Å². The van der Waals surface area contributed by atoms with Gasteiger partial charge in [-0.05, 0) is 35.7 Å². The molecule has 0 fully saturated rings. The predicted octanol–water partition coefficient (Wildman–Crippen LogP) is 3.38. The minimum atomic E-state index is -0.339. The molecule has 4 heteroatoms. The van der Waals surface area contributed by atoms with E-state index in [-0.39, 0.29) is 5.82 Å². The van der Waals surface area contributed by atoms with E-state index in [1.54, 1.807) is 23.9 Å². The Morgan fingerprint density at radius 2 is 2.10 bits per heavy atom. The van der Waals surface area contributed by atoms with Crippen LogP contribution in [0.15, 0.2) is 47.4 Å². The largest absolute Gasteiger partial charge is 0.489 e. The quantitative estimate of drug-likeness (QED) is 0.937. The molecule has 0 spiro atoms. The average Bonchev–Trinajstić information content (AvgIpc) is 2.88. The van der Waals surface area contributed by atoms with E-state index >= 15 is 0 Å². The Morgan fingerprint density at radius 3 is 2.85 bits per heavy atom. The summed E-state index contributed by atoms with van der Waals surface area (Å²) in [6, 6.07) is 13.2. The SMILES string of the molecule is NCc1ccc(OCC2Cc3ccccc3S2)c(F)c1. The van der Waals surface area contributed by atoms with Gasteiger partial charge in [0.1, 0.15) is 6.61 Å². The first-order valence-electron chi connectivity index (χ1n) is 6.62. The van der Waals surface area contributed by atoms with Crippen molar-refractivity contribution in [2.45, 2.75) is 23.1 Å². The van der Waals surface area contributed by atoms with Crippen LogP contribution in [0.25, 0.3) is 0 Å². The molecule has 0 bridgehead atoms. The van der Waals surface area contributed by atoms with E-state index in [1.165, 1.54) is 16.5 Å². The third kappa shape index (κ3) is 2.81. The molecule has 1 aliphatic heterocycles. The lowest BCUT2D eigenvalue weighted by atomic mass is 10.1. The second-order valence-corrected chi connectivity index (χ2v) is 6.17. The summed E-state index contributed by atoms with van der Waals surface area (Å²) in [6.07, 6.45) is 0.976. The van der Waals surface area contributed by atoms with Gasteiger partial charge in [-0.3, -0.25) is 0 Å². The van der Waals surface area contributed by atoms with Gasteiger partial charge in [-0.15, -0.1) is 11.8 Å². The van der Waals surface area contributed by atoms with E-state index in [2.05, 4.69) is 12.1 Å². The molecule has 2 N–H and O–H groups in total. The molecule has 104 valence electrons. The summed E-state index contributed by atoms with van der Waals surface area (Å²) in [4.78, 5) is 1.31. The molecule has 20 heavy (non-hydrogen) atoms. The van der Waals surface area contributed by atoms with Gasteiger partial charge in [0.15, 0.2) is 11.6 Å². The molecule has 3 rings (SSSR count). The molecule has 2 aromatic carbocycles. The van der Waals surface area contributed by atoms with E-state index in [0.717, 1.165) is 12.0 Å². The van der Waals surface area contributed by atoms with Crippen molar-refractivity contribution in [1.29, 1.82) is 0 Å². The number of hydrogen-bond donors (Lipinski definition) is 1. The lowest BCUT2D eigenvalue weighted by molar-refractivity contribution is 0.301. The molecule has 1 heterocycles. The Hall–Kier alpha value is -1.52. The number of fused-ring (bicyclic) bond motifs is 1. The fraction of sp³-hybridized carbons (Fsp3) is 0.250. The maximum Gasteiger partial charge on any atom is 0.165 e. The minimum absolute atomic E-state index is 0.304. The average molecular weight is 289 g/mol. The van der Waals surface area contributed by atoms with E-state index < -0.39 is 0 Å². The Balaban J connectivity index is 1.61. The van der Waals surface area contributed by atoms with Crippen molar-refractivity contribution in [2.24, 2.45) is 5.73 Å². The number of nitrogens with two attached hydrogens (primary N) is 1. The normalized spacial score (nSPS) is 17.0. The molecule has 0 aliphatic carbocycles. The molecule has 0 amide bonds. The molecule has 0 saturated carbocycles. The predicted molar refractivity (Wildman–Crippen MR) is 79.6 cm³/mol. The molecule has 0 saturated heterocycles. The number of ether oxygens (including phenoxy) is 1. The fourth-order valence-corrected chi connectivity index (χ4v) is 3.54. The highest BCUT2D eigenvalue weighted by Crippen LogP contribution is 2.37. The highest BCUT2D eigenvalue weighted by Gasteiger charge is 2.22. The van der Waals surface area contributed by atoms with Crippen molar-refractivity contribution >= 4 is 11.8 Å². The molecular formula is C16H16FNOS. The van der Waals surface area contributed by atoms with Crippen LogP contribution in [-0.4, -0.2) is 11.9 Å². The van der Waals surface area contributed by atoms with Gasteiger partial charge in [0.05, 0.1) is 0 Å². The van der Waals surface area contributed by atoms with Crippen LogP contribution in [0, 0.1) is 5.82 Å². The van der Waals surface area contributed by atoms with Crippen LogP contribution in [0.4, 0.5) is 4.39 Å². The number of halogens is 1. The lowest BCUT2D eigenvalue weighted by Crippen LogP contribution is -2.14. The molecule has 1 atom stereocenters. The summed E-state index contributed by atoms with van der Waals surface area (Å²) in [5.74, 6) is -0.0350. The van der Waals surface area contributed by atoms with E-state index in [0.29, 0.717) is 24.2 Å². The molecule has 1 unspecified atom stereocenters. The highest BCUT2D eigenvalue weighted by molar-refractivity contribution is 8.00. The summed E-state index contributed by atoms with van der Waals surface area (Å²) < 4.78 is 19.4. The zero-order valence-electron chi connectivity index (χ0n) is 11.0. The Morgan fingerprint density at radius 1 is 1.25 bits per heavy atom. The molecule has 2 nitrogen and oxygen atoms in total. The van der Waals surface area contributed by atoms with Gasteiger partial charge in [0, 0.05) is 16.7 Å². The first-order chi connectivity index (χ1) is 9.76. The topological polar surface area (TPSA) is 35.2 Å². The van der Waals surface area contributed by atoms with Crippen molar-refractivity contribution in [1.82, 2.24) is 0 Å². The third-order valence-corrected chi connectivity index (χ3v) is 4.66. The Labute approximate surface area is 122 Å². The van der Waals surface area contributed by atoms with Crippen molar-refractivity contribution in [3.05, 3.63) is 59.4 Å². The zero-order chi connectivity index (χ0) is 13.9. The first kappa shape index (κ1) is 13.5. The Bertz CT molecular complexity index is 592. The first-order valence-corrected chi connectivity index (χ1v) is 7.50. The number of hydrogen-bond acceptors (Lipinski definition) is 3. The smallest absolute Gasteiger partial charge is 0.165 e. The van der Waals surface area contributed by atoms with Crippen molar-refractivity contribution < 1.29 is 9.13 Å². The maximum absolute atomic E-state index is 13.8. The van der Waals surface area contributed by atoms with Crippen molar-refractivity contribution in [3.63, 3.8) is 0 Å².